The lowest BCUT2D eigenvalue weighted by atomic mass is 9.89. The average Bonchev–Trinajstić information content (AvgIpc) is 2.43. The Kier molecular flexibility index (Phi) is 3.74. The predicted molar refractivity (Wildman–Crippen MR) is 70.8 cm³/mol. The van der Waals surface area contributed by atoms with E-state index in [0.717, 1.165) is 10.5 Å². The van der Waals surface area contributed by atoms with Gasteiger partial charge in [0.15, 0.2) is 0 Å². The third kappa shape index (κ3) is 2.36. The Labute approximate surface area is 116 Å². The molecule has 106 valence electrons. The number of imide groups is 1. The summed E-state index contributed by atoms with van der Waals surface area (Å²) < 4.78 is 0. The Morgan fingerprint density at radius 3 is 2.45 bits per heavy atom. The SMILES string of the molecule is CC(NC(=O)N1C(=O)C(C)C1C(=O)O)c1ccccc1. The third-order valence-corrected chi connectivity index (χ3v) is 3.49. The molecule has 6 nitrogen and oxygen atoms in total. The van der Waals surface area contributed by atoms with Gasteiger partial charge < -0.3 is 10.4 Å². The highest BCUT2D eigenvalue weighted by Gasteiger charge is 2.52. The van der Waals surface area contributed by atoms with Crippen LogP contribution in [0.4, 0.5) is 4.79 Å². The molecule has 0 radical (unpaired) electrons. The van der Waals surface area contributed by atoms with Gasteiger partial charge in [0.2, 0.25) is 5.91 Å². The van der Waals surface area contributed by atoms with Crippen molar-refractivity contribution in [1.29, 1.82) is 0 Å². The molecule has 1 saturated heterocycles. The van der Waals surface area contributed by atoms with Gasteiger partial charge in [0.25, 0.3) is 0 Å². The van der Waals surface area contributed by atoms with Crippen LogP contribution in [0.2, 0.25) is 0 Å². The van der Waals surface area contributed by atoms with E-state index in [4.69, 9.17) is 5.11 Å². The molecule has 0 spiro atoms. The molecule has 1 heterocycles. The smallest absolute Gasteiger partial charge is 0.327 e. The van der Waals surface area contributed by atoms with Crippen LogP contribution in [0.25, 0.3) is 0 Å². The molecular formula is C14H16N2O4. The van der Waals surface area contributed by atoms with Crippen LogP contribution >= 0.6 is 0 Å². The fourth-order valence-corrected chi connectivity index (χ4v) is 2.26. The first-order valence-electron chi connectivity index (χ1n) is 6.34. The molecule has 1 fully saturated rings. The Morgan fingerprint density at radius 2 is 1.90 bits per heavy atom. The molecule has 6 heteroatoms. The summed E-state index contributed by atoms with van der Waals surface area (Å²) in [4.78, 5) is 35.5. The molecule has 1 aromatic carbocycles. The number of urea groups is 1. The van der Waals surface area contributed by atoms with Crippen molar-refractivity contribution in [3.8, 4) is 0 Å². The Hall–Kier alpha value is -2.37. The molecule has 1 aliphatic heterocycles. The number of carbonyl (C=O) groups excluding carboxylic acids is 2. The molecular weight excluding hydrogens is 260 g/mol. The molecule has 0 aromatic heterocycles. The predicted octanol–water partition coefficient (Wildman–Crippen LogP) is 1.39. The molecule has 0 bridgehead atoms. The second-order valence-corrected chi connectivity index (χ2v) is 4.86. The fraction of sp³-hybridized carbons (Fsp3) is 0.357. The van der Waals surface area contributed by atoms with Crippen LogP contribution < -0.4 is 5.32 Å². The summed E-state index contributed by atoms with van der Waals surface area (Å²) in [6, 6.07) is 7.19. The summed E-state index contributed by atoms with van der Waals surface area (Å²) in [5.41, 5.74) is 0.883. The van der Waals surface area contributed by atoms with E-state index in [0.29, 0.717) is 0 Å². The highest BCUT2D eigenvalue weighted by molar-refractivity contribution is 6.07. The normalized spacial score (nSPS) is 22.9. The second kappa shape index (κ2) is 5.32. The molecule has 0 saturated carbocycles. The van der Waals surface area contributed by atoms with Gasteiger partial charge in [-0.05, 0) is 12.5 Å². The van der Waals surface area contributed by atoms with Gasteiger partial charge in [-0.1, -0.05) is 37.3 Å². The first kappa shape index (κ1) is 14.0. The Balaban J connectivity index is 2.05. The maximum atomic E-state index is 12.0. The number of carboxylic acid groups (broad SMARTS) is 1. The van der Waals surface area contributed by atoms with E-state index >= 15 is 0 Å². The summed E-state index contributed by atoms with van der Waals surface area (Å²) in [6.07, 6.45) is 0. The number of nitrogens with one attached hydrogen (secondary N) is 1. The molecule has 3 atom stereocenters. The van der Waals surface area contributed by atoms with Crippen molar-refractivity contribution >= 4 is 17.9 Å². The zero-order chi connectivity index (χ0) is 14.9. The quantitative estimate of drug-likeness (QED) is 0.817. The van der Waals surface area contributed by atoms with Gasteiger partial charge in [-0.25, -0.2) is 14.5 Å². The largest absolute Gasteiger partial charge is 0.480 e. The van der Waals surface area contributed by atoms with Crippen molar-refractivity contribution in [2.24, 2.45) is 5.92 Å². The molecule has 1 aliphatic rings. The summed E-state index contributed by atoms with van der Waals surface area (Å²) in [5, 5.41) is 11.7. The second-order valence-electron chi connectivity index (χ2n) is 4.86. The van der Waals surface area contributed by atoms with E-state index in [2.05, 4.69) is 5.32 Å². The van der Waals surface area contributed by atoms with Crippen LogP contribution in [-0.2, 0) is 9.59 Å². The average molecular weight is 276 g/mol. The zero-order valence-corrected chi connectivity index (χ0v) is 11.2. The van der Waals surface area contributed by atoms with E-state index in [1.165, 1.54) is 6.92 Å². The number of carboxylic acids is 1. The summed E-state index contributed by atoms with van der Waals surface area (Å²) >= 11 is 0. The van der Waals surface area contributed by atoms with Crippen molar-refractivity contribution in [1.82, 2.24) is 10.2 Å². The summed E-state index contributed by atoms with van der Waals surface area (Å²) in [6.45, 7) is 3.28. The molecule has 1 aromatic rings. The number of likely N-dealkylation sites (tertiary alicyclic amines) is 1. The number of rotatable bonds is 3. The van der Waals surface area contributed by atoms with Crippen LogP contribution in [0.15, 0.2) is 30.3 Å². The van der Waals surface area contributed by atoms with Crippen molar-refractivity contribution in [3.05, 3.63) is 35.9 Å². The molecule has 3 amide bonds. The van der Waals surface area contributed by atoms with Crippen LogP contribution in [0.1, 0.15) is 25.5 Å². The van der Waals surface area contributed by atoms with Gasteiger partial charge in [0, 0.05) is 0 Å². The van der Waals surface area contributed by atoms with E-state index in [1.54, 1.807) is 6.92 Å². The van der Waals surface area contributed by atoms with Crippen molar-refractivity contribution in [3.63, 3.8) is 0 Å². The van der Waals surface area contributed by atoms with Gasteiger partial charge in [0.1, 0.15) is 6.04 Å². The number of aliphatic carboxylic acids is 1. The molecule has 2 rings (SSSR count). The van der Waals surface area contributed by atoms with Crippen molar-refractivity contribution < 1.29 is 19.5 Å². The third-order valence-electron chi connectivity index (χ3n) is 3.49. The highest BCUT2D eigenvalue weighted by atomic mass is 16.4. The first-order valence-corrected chi connectivity index (χ1v) is 6.34. The number of hydrogen-bond donors (Lipinski definition) is 2. The van der Waals surface area contributed by atoms with E-state index in [1.807, 2.05) is 30.3 Å². The minimum Gasteiger partial charge on any atom is -0.480 e. The van der Waals surface area contributed by atoms with E-state index in [-0.39, 0.29) is 6.04 Å². The minimum atomic E-state index is -1.17. The van der Waals surface area contributed by atoms with Crippen molar-refractivity contribution in [2.75, 3.05) is 0 Å². The maximum Gasteiger partial charge on any atom is 0.327 e. The van der Waals surface area contributed by atoms with Crippen LogP contribution in [0.5, 0.6) is 0 Å². The number of amides is 3. The lowest BCUT2D eigenvalue weighted by Gasteiger charge is -2.41. The molecule has 0 aliphatic carbocycles. The standard InChI is InChI=1S/C14H16N2O4/c1-8-11(13(18)19)16(12(8)17)14(20)15-9(2)10-6-4-3-5-7-10/h3-9,11H,1-2H3,(H,15,20)(H,18,19). The Bertz CT molecular complexity index is 543. The van der Waals surface area contributed by atoms with Crippen LogP contribution in [0.3, 0.4) is 0 Å². The number of benzene rings is 1. The monoisotopic (exact) mass is 276 g/mol. The number of carbonyl (C=O) groups is 3. The van der Waals surface area contributed by atoms with Gasteiger partial charge in [0.05, 0.1) is 12.0 Å². The summed E-state index contributed by atoms with van der Waals surface area (Å²) in [5.74, 6) is -2.29. The maximum absolute atomic E-state index is 12.0. The minimum absolute atomic E-state index is 0.304. The van der Waals surface area contributed by atoms with E-state index < -0.39 is 29.9 Å². The van der Waals surface area contributed by atoms with Crippen molar-refractivity contribution in [2.45, 2.75) is 25.9 Å². The number of nitrogens with zero attached hydrogens (tertiary/aromatic N) is 1. The topological polar surface area (TPSA) is 86.7 Å². The molecule has 2 N–H and O–H groups in total. The fourth-order valence-electron chi connectivity index (χ4n) is 2.26. The number of β-lactam (4-membered cyclic amide) rings is 1. The highest BCUT2D eigenvalue weighted by Crippen LogP contribution is 2.27. The van der Waals surface area contributed by atoms with E-state index in [9.17, 15) is 14.4 Å². The van der Waals surface area contributed by atoms with Gasteiger partial charge in [-0.3, -0.25) is 4.79 Å². The number of hydrogen-bond acceptors (Lipinski definition) is 3. The van der Waals surface area contributed by atoms with Gasteiger partial charge >= 0.3 is 12.0 Å². The lowest BCUT2D eigenvalue weighted by molar-refractivity contribution is -0.164. The van der Waals surface area contributed by atoms with Crippen LogP contribution in [-0.4, -0.2) is 34.0 Å². The van der Waals surface area contributed by atoms with Gasteiger partial charge in [-0.15, -0.1) is 0 Å². The molecule has 20 heavy (non-hydrogen) atoms. The first-order chi connectivity index (χ1) is 9.43. The zero-order valence-electron chi connectivity index (χ0n) is 11.2. The molecule has 3 unspecified atom stereocenters. The Morgan fingerprint density at radius 1 is 1.30 bits per heavy atom. The van der Waals surface area contributed by atoms with Gasteiger partial charge in [-0.2, -0.15) is 0 Å². The summed E-state index contributed by atoms with van der Waals surface area (Å²) in [7, 11) is 0. The van der Waals surface area contributed by atoms with Crippen LogP contribution in [0, 0.1) is 5.92 Å². The lowest BCUT2D eigenvalue weighted by Crippen LogP contribution is -2.67.